The first kappa shape index (κ1) is 16.1. The van der Waals surface area contributed by atoms with E-state index in [1.54, 1.807) is 14.2 Å². The van der Waals surface area contributed by atoms with Gasteiger partial charge in [-0.25, -0.2) is 4.79 Å². The maximum atomic E-state index is 11.4. The van der Waals surface area contributed by atoms with E-state index in [9.17, 15) is 4.79 Å². The summed E-state index contributed by atoms with van der Waals surface area (Å²) in [5.74, 6) is 1.34. The number of para-hydroxylation sites is 2. The van der Waals surface area contributed by atoms with E-state index in [0.717, 1.165) is 6.42 Å². The lowest BCUT2D eigenvalue weighted by atomic mass is 10.3. The van der Waals surface area contributed by atoms with E-state index in [0.29, 0.717) is 37.8 Å². The van der Waals surface area contributed by atoms with Crippen molar-refractivity contribution in [2.24, 2.45) is 0 Å². The number of hydrogen-bond acceptors (Lipinski definition) is 4. The van der Waals surface area contributed by atoms with Crippen LogP contribution in [0.1, 0.15) is 6.42 Å². The highest BCUT2D eigenvalue weighted by atomic mass is 16.5. The molecule has 2 amide bonds. The Bertz CT molecular complexity index is 399. The fraction of sp³-hybridized carbons (Fsp3) is 0.500. The van der Waals surface area contributed by atoms with Crippen LogP contribution in [0.4, 0.5) is 4.79 Å². The molecule has 1 aromatic carbocycles. The van der Waals surface area contributed by atoms with E-state index in [4.69, 9.17) is 14.2 Å². The predicted molar refractivity (Wildman–Crippen MR) is 76.4 cm³/mol. The second kappa shape index (κ2) is 9.91. The van der Waals surface area contributed by atoms with Gasteiger partial charge in [-0.2, -0.15) is 0 Å². The minimum atomic E-state index is -0.204. The van der Waals surface area contributed by atoms with Gasteiger partial charge in [0.15, 0.2) is 11.5 Å². The predicted octanol–water partition coefficient (Wildman–Crippen LogP) is 1.41. The van der Waals surface area contributed by atoms with E-state index < -0.39 is 0 Å². The van der Waals surface area contributed by atoms with Crippen molar-refractivity contribution in [1.29, 1.82) is 0 Å². The summed E-state index contributed by atoms with van der Waals surface area (Å²) >= 11 is 0. The van der Waals surface area contributed by atoms with Crippen molar-refractivity contribution < 1.29 is 19.0 Å². The molecule has 0 atom stereocenters. The topological polar surface area (TPSA) is 68.8 Å². The first-order valence-corrected chi connectivity index (χ1v) is 6.54. The Morgan fingerprint density at radius 2 is 1.75 bits per heavy atom. The summed E-state index contributed by atoms with van der Waals surface area (Å²) in [7, 11) is 3.23. The molecule has 0 radical (unpaired) electrons. The fourth-order valence-electron chi connectivity index (χ4n) is 1.54. The van der Waals surface area contributed by atoms with Gasteiger partial charge >= 0.3 is 6.03 Å². The highest BCUT2D eigenvalue weighted by molar-refractivity contribution is 5.73. The third-order valence-corrected chi connectivity index (χ3v) is 2.53. The Balaban J connectivity index is 2.13. The maximum Gasteiger partial charge on any atom is 0.314 e. The summed E-state index contributed by atoms with van der Waals surface area (Å²) in [6.45, 7) is 2.03. The van der Waals surface area contributed by atoms with Gasteiger partial charge in [0.05, 0.1) is 13.7 Å². The number of benzene rings is 1. The van der Waals surface area contributed by atoms with Gasteiger partial charge in [0.2, 0.25) is 0 Å². The molecule has 112 valence electrons. The zero-order valence-corrected chi connectivity index (χ0v) is 12.0. The zero-order chi connectivity index (χ0) is 14.6. The van der Waals surface area contributed by atoms with Crippen LogP contribution in [-0.2, 0) is 4.74 Å². The molecule has 2 N–H and O–H groups in total. The minimum absolute atomic E-state index is 0.204. The van der Waals surface area contributed by atoms with Crippen molar-refractivity contribution in [2.75, 3.05) is 40.5 Å². The molecule has 0 unspecified atom stereocenters. The molecule has 0 aliphatic heterocycles. The van der Waals surface area contributed by atoms with Crippen LogP contribution in [0.5, 0.6) is 11.5 Å². The Kier molecular flexibility index (Phi) is 7.98. The number of carbonyl (C=O) groups excluding carboxylic acids is 1. The number of urea groups is 1. The molecular weight excluding hydrogens is 260 g/mol. The Hall–Kier alpha value is -1.95. The Morgan fingerprint density at radius 1 is 1.05 bits per heavy atom. The highest BCUT2D eigenvalue weighted by Crippen LogP contribution is 2.25. The molecule has 0 aliphatic carbocycles. The molecule has 1 rings (SSSR count). The summed E-state index contributed by atoms with van der Waals surface area (Å²) in [5, 5.41) is 5.44. The quantitative estimate of drug-likeness (QED) is 0.672. The normalized spacial score (nSPS) is 9.90. The summed E-state index contributed by atoms with van der Waals surface area (Å²) in [6, 6.07) is 7.19. The van der Waals surface area contributed by atoms with Crippen molar-refractivity contribution in [3.8, 4) is 11.5 Å². The largest absolute Gasteiger partial charge is 0.493 e. The molecule has 0 spiro atoms. The van der Waals surface area contributed by atoms with Gasteiger partial charge in [-0.1, -0.05) is 12.1 Å². The monoisotopic (exact) mass is 282 g/mol. The lowest BCUT2D eigenvalue weighted by molar-refractivity contribution is 0.193. The van der Waals surface area contributed by atoms with Crippen molar-refractivity contribution in [2.45, 2.75) is 6.42 Å². The van der Waals surface area contributed by atoms with Gasteiger partial charge in [0.1, 0.15) is 6.61 Å². The number of carbonyl (C=O) groups is 1. The second-order valence-corrected chi connectivity index (χ2v) is 4.03. The highest BCUT2D eigenvalue weighted by Gasteiger charge is 2.03. The second-order valence-electron chi connectivity index (χ2n) is 4.03. The zero-order valence-electron chi connectivity index (χ0n) is 12.0. The first-order chi connectivity index (χ1) is 9.77. The number of rotatable bonds is 9. The van der Waals surface area contributed by atoms with Crippen LogP contribution in [0.15, 0.2) is 24.3 Å². The molecule has 0 fully saturated rings. The lowest BCUT2D eigenvalue weighted by Gasteiger charge is -2.11. The van der Waals surface area contributed by atoms with E-state index in [1.165, 1.54) is 0 Å². The molecule has 6 heteroatoms. The van der Waals surface area contributed by atoms with Crippen LogP contribution < -0.4 is 20.1 Å². The van der Waals surface area contributed by atoms with Gasteiger partial charge in [-0.05, 0) is 18.6 Å². The number of amides is 2. The smallest absolute Gasteiger partial charge is 0.314 e. The SMILES string of the molecule is COCCCNC(=O)NCCOc1ccccc1OC. The maximum absolute atomic E-state index is 11.4. The van der Waals surface area contributed by atoms with Crippen molar-refractivity contribution in [3.05, 3.63) is 24.3 Å². The van der Waals surface area contributed by atoms with Crippen LogP contribution in [0, 0.1) is 0 Å². The average Bonchev–Trinajstić information content (AvgIpc) is 2.48. The molecule has 0 heterocycles. The van der Waals surface area contributed by atoms with E-state index in [-0.39, 0.29) is 6.03 Å². The van der Waals surface area contributed by atoms with Crippen molar-refractivity contribution in [3.63, 3.8) is 0 Å². The van der Waals surface area contributed by atoms with E-state index in [2.05, 4.69) is 10.6 Å². The molecule has 0 saturated carbocycles. The minimum Gasteiger partial charge on any atom is -0.493 e. The summed E-state index contributed by atoms with van der Waals surface area (Å²) in [4.78, 5) is 11.4. The van der Waals surface area contributed by atoms with Gasteiger partial charge in [0.25, 0.3) is 0 Å². The molecule has 20 heavy (non-hydrogen) atoms. The average molecular weight is 282 g/mol. The molecular formula is C14H22N2O4. The standard InChI is InChI=1S/C14H22N2O4/c1-18-10-5-8-15-14(17)16-9-11-20-13-7-4-3-6-12(13)19-2/h3-4,6-7H,5,8-11H2,1-2H3,(H2,15,16,17). The molecule has 0 aliphatic rings. The number of ether oxygens (including phenoxy) is 3. The van der Waals surface area contributed by atoms with Crippen LogP contribution in [0.2, 0.25) is 0 Å². The Morgan fingerprint density at radius 3 is 2.45 bits per heavy atom. The first-order valence-electron chi connectivity index (χ1n) is 6.54. The fourth-order valence-corrected chi connectivity index (χ4v) is 1.54. The Labute approximate surface area is 119 Å². The lowest BCUT2D eigenvalue weighted by Crippen LogP contribution is -2.38. The van der Waals surface area contributed by atoms with Crippen molar-refractivity contribution >= 4 is 6.03 Å². The van der Waals surface area contributed by atoms with E-state index in [1.807, 2.05) is 24.3 Å². The number of nitrogens with one attached hydrogen (secondary N) is 2. The van der Waals surface area contributed by atoms with Crippen LogP contribution in [-0.4, -0.2) is 46.6 Å². The molecule has 0 bridgehead atoms. The molecule has 0 aromatic heterocycles. The number of hydrogen-bond donors (Lipinski definition) is 2. The van der Waals surface area contributed by atoms with Crippen molar-refractivity contribution in [1.82, 2.24) is 10.6 Å². The summed E-state index contributed by atoms with van der Waals surface area (Å²) < 4.78 is 15.6. The van der Waals surface area contributed by atoms with Crippen LogP contribution in [0.3, 0.4) is 0 Å². The third kappa shape index (κ3) is 6.29. The van der Waals surface area contributed by atoms with Crippen LogP contribution in [0.25, 0.3) is 0 Å². The number of methoxy groups -OCH3 is 2. The van der Waals surface area contributed by atoms with Gasteiger partial charge in [0, 0.05) is 20.3 Å². The summed E-state index contributed by atoms with van der Waals surface area (Å²) in [5.41, 5.74) is 0. The van der Waals surface area contributed by atoms with E-state index >= 15 is 0 Å². The third-order valence-electron chi connectivity index (χ3n) is 2.53. The van der Waals surface area contributed by atoms with Gasteiger partial charge in [-0.3, -0.25) is 0 Å². The molecule has 1 aromatic rings. The molecule has 0 saturated heterocycles. The summed E-state index contributed by atoms with van der Waals surface area (Å²) in [6.07, 6.45) is 0.793. The molecule has 6 nitrogen and oxygen atoms in total. The van der Waals surface area contributed by atoms with Gasteiger partial charge < -0.3 is 24.8 Å². The van der Waals surface area contributed by atoms with Crippen LogP contribution >= 0.6 is 0 Å². The van der Waals surface area contributed by atoms with Gasteiger partial charge in [-0.15, -0.1) is 0 Å².